The molecule has 4 rings (SSSR count). The van der Waals surface area contributed by atoms with Crippen molar-refractivity contribution >= 4 is 5.91 Å². The number of carbonyl (C=O) groups is 1. The Morgan fingerprint density at radius 2 is 2.12 bits per heavy atom. The van der Waals surface area contributed by atoms with Crippen LogP contribution in [0.1, 0.15) is 54.6 Å². The average Bonchev–Trinajstić information content (AvgIpc) is 2.96. The molecular weight excluding hydrogens is 298 g/mol. The first-order valence-corrected chi connectivity index (χ1v) is 9.11. The van der Waals surface area contributed by atoms with Gasteiger partial charge in [0.1, 0.15) is 6.54 Å². The number of rotatable bonds is 3. The lowest BCUT2D eigenvalue weighted by molar-refractivity contribution is -0.122. The zero-order valence-electron chi connectivity index (χ0n) is 14.3. The second-order valence-electron chi connectivity index (χ2n) is 7.36. The average molecular weight is 323 g/mol. The zero-order valence-corrected chi connectivity index (χ0v) is 14.3. The number of aryl methyl sites for hydroxylation is 2. The van der Waals surface area contributed by atoms with Gasteiger partial charge < -0.3 is 5.32 Å². The molecule has 0 aliphatic heterocycles. The van der Waals surface area contributed by atoms with Gasteiger partial charge >= 0.3 is 0 Å². The molecule has 1 heterocycles. The van der Waals surface area contributed by atoms with Gasteiger partial charge in [-0.1, -0.05) is 31.2 Å². The Hall–Kier alpha value is -2.10. The van der Waals surface area contributed by atoms with Crippen LogP contribution in [0.2, 0.25) is 0 Å². The number of nitrogens with one attached hydrogen (secondary N) is 1. The van der Waals surface area contributed by atoms with Crippen molar-refractivity contribution in [3.63, 3.8) is 0 Å². The van der Waals surface area contributed by atoms with Gasteiger partial charge in [0.2, 0.25) is 5.91 Å². The molecule has 0 radical (unpaired) electrons. The van der Waals surface area contributed by atoms with Crippen molar-refractivity contribution in [2.45, 2.75) is 58.0 Å². The Bertz CT molecular complexity index is 749. The molecule has 1 N–H and O–H groups in total. The summed E-state index contributed by atoms with van der Waals surface area (Å²) in [6, 6.07) is 8.61. The van der Waals surface area contributed by atoms with Crippen LogP contribution in [0.3, 0.4) is 0 Å². The Kier molecular flexibility index (Phi) is 4.13. The quantitative estimate of drug-likeness (QED) is 0.943. The maximum atomic E-state index is 12.5. The minimum absolute atomic E-state index is 0.0598. The van der Waals surface area contributed by atoms with E-state index in [2.05, 4.69) is 47.8 Å². The van der Waals surface area contributed by atoms with Crippen LogP contribution in [0.5, 0.6) is 0 Å². The van der Waals surface area contributed by atoms with Gasteiger partial charge in [-0.05, 0) is 61.1 Å². The molecular formula is C20H25N3O. The van der Waals surface area contributed by atoms with Crippen molar-refractivity contribution in [1.29, 1.82) is 0 Å². The first kappa shape index (κ1) is 15.4. The van der Waals surface area contributed by atoms with Crippen molar-refractivity contribution in [2.75, 3.05) is 0 Å². The third-order valence-electron chi connectivity index (χ3n) is 5.38. The van der Waals surface area contributed by atoms with Crippen LogP contribution in [0.15, 0.2) is 30.5 Å². The van der Waals surface area contributed by atoms with Crippen LogP contribution in [-0.4, -0.2) is 15.7 Å². The summed E-state index contributed by atoms with van der Waals surface area (Å²) in [5.74, 6) is 0.785. The van der Waals surface area contributed by atoms with Gasteiger partial charge in [-0.2, -0.15) is 5.10 Å². The van der Waals surface area contributed by atoms with Gasteiger partial charge in [0, 0.05) is 6.20 Å². The van der Waals surface area contributed by atoms with Crippen LogP contribution in [-0.2, 0) is 30.6 Å². The standard InChI is InChI=1S/C20H25N3O/c1-14-9-10-18-16(11-14)12-23(22-18)13-20(24)21-19-8-4-6-15-5-2-3-7-17(15)19/h2-3,5,7,12,14,19H,4,6,8-11,13H2,1H3,(H,21,24). The predicted molar refractivity (Wildman–Crippen MR) is 93.7 cm³/mol. The molecule has 4 heteroatoms. The van der Waals surface area contributed by atoms with Gasteiger partial charge in [0.05, 0.1) is 11.7 Å². The third kappa shape index (κ3) is 3.10. The zero-order chi connectivity index (χ0) is 16.5. The van der Waals surface area contributed by atoms with Crippen molar-refractivity contribution < 1.29 is 4.79 Å². The Balaban J connectivity index is 1.43. The second-order valence-corrected chi connectivity index (χ2v) is 7.36. The molecule has 2 aromatic rings. The first-order valence-electron chi connectivity index (χ1n) is 9.11. The van der Waals surface area contributed by atoms with Crippen molar-refractivity contribution in [3.05, 3.63) is 52.8 Å². The summed E-state index contributed by atoms with van der Waals surface area (Å²) in [4.78, 5) is 12.5. The number of fused-ring (bicyclic) bond motifs is 2. The lowest BCUT2D eigenvalue weighted by Crippen LogP contribution is -2.33. The summed E-state index contributed by atoms with van der Waals surface area (Å²) in [6.45, 7) is 2.60. The number of nitrogens with zero attached hydrogens (tertiary/aromatic N) is 2. The van der Waals surface area contributed by atoms with E-state index in [-0.39, 0.29) is 11.9 Å². The van der Waals surface area contributed by atoms with Crippen LogP contribution in [0.4, 0.5) is 0 Å². The van der Waals surface area contributed by atoms with Gasteiger partial charge in [-0.15, -0.1) is 0 Å². The molecule has 1 amide bonds. The Morgan fingerprint density at radius 1 is 1.25 bits per heavy atom. The third-order valence-corrected chi connectivity index (χ3v) is 5.38. The van der Waals surface area contributed by atoms with E-state index >= 15 is 0 Å². The molecule has 2 aliphatic rings. The van der Waals surface area contributed by atoms with E-state index in [0.29, 0.717) is 6.54 Å². The normalized spacial score (nSPS) is 22.5. The minimum Gasteiger partial charge on any atom is -0.348 e. The first-order chi connectivity index (χ1) is 11.7. The summed E-state index contributed by atoms with van der Waals surface area (Å²) >= 11 is 0. The van der Waals surface area contributed by atoms with Crippen LogP contribution < -0.4 is 5.32 Å². The number of carbonyl (C=O) groups excluding carboxylic acids is 1. The SMILES string of the molecule is CC1CCc2nn(CC(=O)NC3CCCc4ccccc43)cc2C1. The molecule has 0 bridgehead atoms. The monoisotopic (exact) mass is 323 g/mol. The largest absolute Gasteiger partial charge is 0.348 e. The van der Waals surface area contributed by atoms with E-state index in [9.17, 15) is 4.79 Å². The van der Waals surface area contributed by atoms with Gasteiger partial charge in [0.15, 0.2) is 0 Å². The second kappa shape index (κ2) is 6.42. The van der Waals surface area contributed by atoms with E-state index in [1.807, 2.05) is 4.68 Å². The fraction of sp³-hybridized carbons (Fsp3) is 0.500. The van der Waals surface area contributed by atoms with Gasteiger partial charge in [-0.3, -0.25) is 9.48 Å². The summed E-state index contributed by atoms with van der Waals surface area (Å²) in [7, 11) is 0. The van der Waals surface area contributed by atoms with E-state index < -0.39 is 0 Å². The fourth-order valence-electron chi connectivity index (χ4n) is 4.12. The molecule has 0 saturated heterocycles. The van der Waals surface area contributed by atoms with Gasteiger partial charge in [0.25, 0.3) is 0 Å². The molecule has 1 aromatic carbocycles. The highest BCUT2D eigenvalue weighted by atomic mass is 16.2. The van der Waals surface area contributed by atoms with Crippen molar-refractivity contribution in [2.24, 2.45) is 5.92 Å². The lowest BCUT2D eigenvalue weighted by Gasteiger charge is -2.26. The molecule has 4 nitrogen and oxygen atoms in total. The van der Waals surface area contributed by atoms with E-state index in [1.165, 1.54) is 28.8 Å². The topological polar surface area (TPSA) is 46.9 Å². The molecule has 126 valence electrons. The summed E-state index contributed by atoms with van der Waals surface area (Å²) < 4.78 is 1.83. The highest BCUT2D eigenvalue weighted by Crippen LogP contribution is 2.29. The maximum absolute atomic E-state index is 12.5. The number of hydrogen-bond donors (Lipinski definition) is 1. The smallest absolute Gasteiger partial charge is 0.242 e. The number of aromatic nitrogens is 2. The lowest BCUT2D eigenvalue weighted by atomic mass is 9.88. The molecule has 2 unspecified atom stereocenters. The number of benzene rings is 1. The predicted octanol–water partition coefficient (Wildman–Crippen LogP) is 3.20. The minimum atomic E-state index is 0.0598. The molecule has 2 atom stereocenters. The van der Waals surface area contributed by atoms with E-state index in [0.717, 1.165) is 38.0 Å². The van der Waals surface area contributed by atoms with Crippen molar-refractivity contribution in [3.8, 4) is 0 Å². The summed E-state index contributed by atoms with van der Waals surface area (Å²) in [6.07, 6.45) is 8.68. The maximum Gasteiger partial charge on any atom is 0.242 e. The highest BCUT2D eigenvalue weighted by molar-refractivity contribution is 5.76. The van der Waals surface area contributed by atoms with E-state index in [4.69, 9.17) is 0 Å². The molecule has 24 heavy (non-hydrogen) atoms. The Labute approximate surface area is 143 Å². The molecule has 0 saturated carbocycles. The van der Waals surface area contributed by atoms with Gasteiger partial charge in [-0.25, -0.2) is 0 Å². The highest BCUT2D eigenvalue weighted by Gasteiger charge is 2.22. The summed E-state index contributed by atoms with van der Waals surface area (Å²) in [5.41, 5.74) is 5.16. The molecule has 1 aromatic heterocycles. The van der Waals surface area contributed by atoms with Crippen LogP contribution in [0.25, 0.3) is 0 Å². The summed E-state index contributed by atoms with van der Waals surface area (Å²) in [5, 5.41) is 7.83. The number of amides is 1. The molecule has 2 aliphatic carbocycles. The Morgan fingerprint density at radius 3 is 3.04 bits per heavy atom. The fourth-order valence-corrected chi connectivity index (χ4v) is 4.12. The van der Waals surface area contributed by atoms with Crippen molar-refractivity contribution in [1.82, 2.24) is 15.1 Å². The van der Waals surface area contributed by atoms with Crippen LogP contribution in [0, 0.1) is 5.92 Å². The van der Waals surface area contributed by atoms with Crippen LogP contribution >= 0.6 is 0 Å². The number of hydrogen-bond acceptors (Lipinski definition) is 2. The molecule has 0 fully saturated rings. The molecule has 0 spiro atoms. The van der Waals surface area contributed by atoms with E-state index in [1.54, 1.807) is 0 Å².